The van der Waals surface area contributed by atoms with Crippen LogP contribution < -0.4 is 10.1 Å². The second-order valence-corrected chi connectivity index (χ2v) is 7.21. The maximum Gasteiger partial charge on any atom is 0.261 e. The molecule has 0 bridgehead atoms. The van der Waals surface area contributed by atoms with E-state index in [4.69, 9.17) is 27.9 Å². The van der Waals surface area contributed by atoms with Crippen molar-refractivity contribution >= 4 is 35.0 Å². The fourth-order valence-corrected chi connectivity index (χ4v) is 3.14. The Labute approximate surface area is 175 Å². The summed E-state index contributed by atoms with van der Waals surface area (Å²) in [5.74, 6) is -0.00925. The van der Waals surface area contributed by atoms with Crippen molar-refractivity contribution in [2.24, 2.45) is 0 Å². The van der Waals surface area contributed by atoms with Crippen molar-refractivity contribution in [2.45, 2.75) is 33.4 Å². The first kappa shape index (κ1) is 22.1. The van der Waals surface area contributed by atoms with Crippen LogP contribution in [0.3, 0.4) is 0 Å². The predicted molar refractivity (Wildman–Crippen MR) is 112 cm³/mol. The molecule has 5 nitrogen and oxygen atoms in total. The standard InChI is InChI=1S/C21H24Cl2N2O3/c1-4-24-21(27)15(3)25(12-17-18(22)6-5-7-19(17)23)20(26)13-28-16-10-8-14(2)9-11-16/h5-11,15H,4,12-13H2,1-3H3,(H,24,27)/t15-/m1/s1. The van der Waals surface area contributed by atoms with E-state index in [-0.39, 0.29) is 25.0 Å². The van der Waals surface area contributed by atoms with Crippen molar-refractivity contribution in [1.29, 1.82) is 0 Å². The van der Waals surface area contributed by atoms with Gasteiger partial charge in [0.05, 0.1) is 0 Å². The van der Waals surface area contributed by atoms with Gasteiger partial charge in [0.2, 0.25) is 5.91 Å². The highest BCUT2D eigenvalue weighted by Gasteiger charge is 2.27. The number of amides is 2. The number of ether oxygens (including phenoxy) is 1. The van der Waals surface area contributed by atoms with Crippen molar-refractivity contribution in [1.82, 2.24) is 10.2 Å². The number of hydrogen-bond acceptors (Lipinski definition) is 3. The molecule has 2 amide bonds. The summed E-state index contributed by atoms with van der Waals surface area (Å²) in [5, 5.41) is 3.61. The third kappa shape index (κ3) is 5.88. The van der Waals surface area contributed by atoms with E-state index in [1.165, 1.54) is 4.90 Å². The molecule has 1 atom stereocenters. The van der Waals surface area contributed by atoms with E-state index in [1.807, 2.05) is 26.0 Å². The predicted octanol–water partition coefficient (Wildman–Crippen LogP) is 4.23. The lowest BCUT2D eigenvalue weighted by Crippen LogP contribution is -2.49. The number of halogens is 2. The average molecular weight is 423 g/mol. The lowest BCUT2D eigenvalue weighted by atomic mass is 10.1. The van der Waals surface area contributed by atoms with E-state index in [0.29, 0.717) is 27.9 Å². The highest BCUT2D eigenvalue weighted by Crippen LogP contribution is 2.26. The van der Waals surface area contributed by atoms with Gasteiger partial charge in [-0.3, -0.25) is 9.59 Å². The van der Waals surface area contributed by atoms with Crippen molar-refractivity contribution in [3.05, 3.63) is 63.6 Å². The summed E-state index contributed by atoms with van der Waals surface area (Å²) in [5.41, 5.74) is 1.68. The molecule has 0 unspecified atom stereocenters. The molecule has 2 rings (SSSR count). The zero-order valence-electron chi connectivity index (χ0n) is 16.2. The summed E-state index contributed by atoms with van der Waals surface area (Å²) in [6, 6.07) is 11.8. The second kappa shape index (κ2) is 10.3. The zero-order chi connectivity index (χ0) is 20.7. The average Bonchev–Trinajstić information content (AvgIpc) is 2.67. The first-order valence-corrected chi connectivity index (χ1v) is 9.78. The number of carbonyl (C=O) groups excluding carboxylic acids is 2. The van der Waals surface area contributed by atoms with Crippen molar-refractivity contribution in [2.75, 3.05) is 13.2 Å². The van der Waals surface area contributed by atoms with Crippen LogP contribution in [-0.4, -0.2) is 35.9 Å². The summed E-state index contributed by atoms with van der Waals surface area (Å²) < 4.78 is 5.60. The van der Waals surface area contributed by atoms with Crippen LogP contribution in [-0.2, 0) is 16.1 Å². The quantitative estimate of drug-likeness (QED) is 0.691. The molecule has 0 spiro atoms. The Morgan fingerprint density at radius 1 is 1.11 bits per heavy atom. The molecule has 0 saturated carbocycles. The third-order valence-electron chi connectivity index (χ3n) is 4.29. The van der Waals surface area contributed by atoms with E-state index < -0.39 is 6.04 Å². The van der Waals surface area contributed by atoms with Gasteiger partial charge < -0.3 is 15.0 Å². The molecule has 0 fully saturated rings. The Morgan fingerprint density at radius 2 is 1.71 bits per heavy atom. The van der Waals surface area contributed by atoms with E-state index in [0.717, 1.165) is 5.56 Å². The third-order valence-corrected chi connectivity index (χ3v) is 5.00. The molecule has 2 aromatic carbocycles. The Bertz CT molecular complexity index is 805. The molecule has 0 aliphatic heterocycles. The molecule has 0 aromatic heterocycles. The smallest absolute Gasteiger partial charge is 0.261 e. The van der Waals surface area contributed by atoms with Crippen LogP contribution >= 0.6 is 23.2 Å². The highest BCUT2D eigenvalue weighted by atomic mass is 35.5. The van der Waals surface area contributed by atoms with E-state index >= 15 is 0 Å². The fraction of sp³-hybridized carbons (Fsp3) is 0.333. The molecule has 0 radical (unpaired) electrons. The van der Waals surface area contributed by atoms with E-state index in [2.05, 4.69) is 5.32 Å². The summed E-state index contributed by atoms with van der Waals surface area (Å²) in [7, 11) is 0. The van der Waals surface area contributed by atoms with Gasteiger partial charge >= 0.3 is 0 Å². The lowest BCUT2D eigenvalue weighted by molar-refractivity contribution is -0.142. The Kier molecular flexibility index (Phi) is 8.15. The molecular weight excluding hydrogens is 399 g/mol. The molecule has 0 aliphatic carbocycles. The number of likely N-dealkylation sites (N-methyl/N-ethyl adjacent to an activating group) is 1. The Hall–Kier alpha value is -2.24. The van der Waals surface area contributed by atoms with Gasteiger partial charge in [0.1, 0.15) is 11.8 Å². The van der Waals surface area contributed by atoms with Gasteiger partial charge in [-0.1, -0.05) is 47.0 Å². The first-order valence-electron chi connectivity index (χ1n) is 9.03. The normalized spacial score (nSPS) is 11.6. The second-order valence-electron chi connectivity index (χ2n) is 6.39. The van der Waals surface area contributed by atoms with Crippen LogP contribution in [0.15, 0.2) is 42.5 Å². The number of aryl methyl sites for hydroxylation is 1. The summed E-state index contributed by atoms with van der Waals surface area (Å²) in [6.45, 7) is 5.83. The summed E-state index contributed by atoms with van der Waals surface area (Å²) >= 11 is 12.5. The molecule has 28 heavy (non-hydrogen) atoms. The minimum absolute atomic E-state index is 0.104. The first-order chi connectivity index (χ1) is 13.3. The minimum Gasteiger partial charge on any atom is -0.484 e. The van der Waals surface area contributed by atoms with Crippen LogP contribution in [0.2, 0.25) is 10.0 Å². The Balaban J connectivity index is 2.20. The molecule has 150 valence electrons. The number of rotatable bonds is 8. The molecule has 7 heteroatoms. The van der Waals surface area contributed by atoms with E-state index in [9.17, 15) is 9.59 Å². The minimum atomic E-state index is -0.707. The van der Waals surface area contributed by atoms with Gasteiger partial charge in [0.25, 0.3) is 5.91 Å². The van der Waals surface area contributed by atoms with Crippen molar-refractivity contribution in [3.8, 4) is 5.75 Å². The molecular formula is C21H24Cl2N2O3. The number of carbonyl (C=O) groups is 2. The van der Waals surface area contributed by atoms with E-state index in [1.54, 1.807) is 37.3 Å². The highest BCUT2D eigenvalue weighted by molar-refractivity contribution is 6.36. The number of nitrogens with one attached hydrogen (secondary N) is 1. The fourth-order valence-electron chi connectivity index (χ4n) is 2.62. The topological polar surface area (TPSA) is 58.6 Å². The molecule has 1 N–H and O–H groups in total. The van der Waals surface area contributed by atoms with Crippen LogP contribution in [0.4, 0.5) is 0 Å². The number of benzene rings is 2. The van der Waals surface area contributed by atoms with Gasteiger partial charge in [-0.15, -0.1) is 0 Å². The van der Waals surface area contributed by atoms with Gasteiger partial charge in [-0.25, -0.2) is 0 Å². The van der Waals surface area contributed by atoms with Crippen LogP contribution in [0, 0.1) is 6.92 Å². The summed E-state index contributed by atoms with van der Waals surface area (Å²) in [6.07, 6.45) is 0. The van der Waals surface area contributed by atoms with Crippen LogP contribution in [0.25, 0.3) is 0 Å². The lowest BCUT2D eigenvalue weighted by Gasteiger charge is -2.29. The summed E-state index contributed by atoms with van der Waals surface area (Å²) in [4.78, 5) is 26.7. The van der Waals surface area contributed by atoms with Gasteiger partial charge in [-0.2, -0.15) is 0 Å². The zero-order valence-corrected chi connectivity index (χ0v) is 17.7. The number of hydrogen-bond donors (Lipinski definition) is 1. The maximum atomic E-state index is 12.9. The molecule has 0 aliphatic rings. The molecule has 0 saturated heterocycles. The monoisotopic (exact) mass is 422 g/mol. The number of nitrogens with zero attached hydrogens (tertiary/aromatic N) is 1. The Morgan fingerprint density at radius 3 is 2.29 bits per heavy atom. The van der Waals surface area contributed by atoms with Gasteiger partial charge in [0.15, 0.2) is 6.61 Å². The molecule has 2 aromatic rings. The molecule has 0 heterocycles. The largest absolute Gasteiger partial charge is 0.484 e. The van der Waals surface area contributed by atoms with Gasteiger partial charge in [-0.05, 0) is 45.0 Å². The van der Waals surface area contributed by atoms with Gasteiger partial charge in [0, 0.05) is 28.7 Å². The SMILES string of the molecule is CCNC(=O)[C@@H](C)N(Cc1c(Cl)cccc1Cl)C(=O)COc1ccc(C)cc1. The maximum absolute atomic E-state index is 12.9. The van der Waals surface area contributed by atoms with Crippen molar-refractivity contribution < 1.29 is 14.3 Å². The van der Waals surface area contributed by atoms with Crippen molar-refractivity contribution in [3.63, 3.8) is 0 Å². The van der Waals surface area contributed by atoms with Crippen LogP contribution in [0.1, 0.15) is 25.0 Å². The van der Waals surface area contributed by atoms with Crippen LogP contribution in [0.5, 0.6) is 5.75 Å².